The summed E-state index contributed by atoms with van der Waals surface area (Å²) in [6, 6.07) is 0. The van der Waals surface area contributed by atoms with Crippen molar-refractivity contribution in [2.24, 2.45) is 0 Å². The molecular formula is C14H18ClN3O3. The molecule has 2 heterocycles. The summed E-state index contributed by atoms with van der Waals surface area (Å²) >= 11 is 6.47. The Morgan fingerprint density at radius 2 is 2.29 bits per heavy atom. The lowest BCUT2D eigenvalue weighted by Gasteiger charge is -2.18. The van der Waals surface area contributed by atoms with Crippen LogP contribution in [0.2, 0.25) is 0 Å². The van der Waals surface area contributed by atoms with Gasteiger partial charge in [0.05, 0.1) is 29.9 Å². The fourth-order valence-corrected chi connectivity index (χ4v) is 2.64. The lowest BCUT2D eigenvalue weighted by molar-refractivity contribution is 0.0519. The van der Waals surface area contributed by atoms with Gasteiger partial charge >= 0.3 is 5.97 Å². The molecule has 0 amide bonds. The summed E-state index contributed by atoms with van der Waals surface area (Å²) in [6.45, 7) is 4.05. The first kappa shape index (κ1) is 15.6. The molecule has 7 heteroatoms. The number of rotatable bonds is 6. The van der Waals surface area contributed by atoms with Gasteiger partial charge in [0, 0.05) is 5.56 Å². The normalized spacial score (nSPS) is 12.5. The highest BCUT2D eigenvalue weighted by atomic mass is 35.5. The van der Waals surface area contributed by atoms with Gasteiger partial charge in [-0.3, -0.25) is 0 Å². The number of fused-ring (bicyclic) bond motifs is 1. The highest BCUT2D eigenvalue weighted by molar-refractivity contribution is 6.22. The molecule has 1 N–H and O–H groups in total. The zero-order valence-corrected chi connectivity index (χ0v) is 12.8. The van der Waals surface area contributed by atoms with Crippen LogP contribution in [-0.4, -0.2) is 32.7 Å². The Balaban J connectivity index is 2.53. The molecule has 21 heavy (non-hydrogen) atoms. The third-order valence-corrected chi connectivity index (χ3v) is 3.69. The van der Waals surface area contributed by atoms with Crippen molar-refractivity contribution < 1.29 is 14.7 Å². The number of carbonyl (C=O) groups excluding carboxylic acids is 1. The van der Waals surface area contributed by atoms with Gasteiger partial charge < -0.3 is 9.94 Å². The van der Waals surface area contributed by atoms with Crippen LogP contribution in [0.4, 0.5) is 0 Å². The Morgan fingerprint density at radius 3 is 2.95 bits per heavy atom. The first-order valence-corrected chi connectivity index (χ1v) is 7.40. The van der Waals surface area contributed by atoms with E-state index >= 15 is 0 Å². The molecule has 2 rings (SSSR count). The number of pyridine rings is 1. The Hall–Kier alpha value is -1.82. The van der Waals surface area contributed by atoms with Gasteiger partial charge in [-0.15, -0.1) is 16.7 Å². The van der Waals surface area contributed by atoms with E-state index in [1.54, 1.807) is 6.92 Å². The second-order valence-corrected chi connectivity index (χ2v) is 5.24. The van der Waals surface area contributed by atoms with Gasteiger partial charge in [0.15, 0.2) is 5.82 Å². The molecule has 0 radical (unpaired) electrons. The van der Waals surface area contributed by atoms with Crippen molar-refractivity contribution in [1.82, 2.24) is 14.9 Å². The van der Waals surface area contributed by atoms with E-state index in [1.165, 1.54) is 12.4 Å². The minimum absolute atomic E-state index is 0.248. The average Bonchev–Trinajstić information content (AvgIpc) is 2.94. The summed E-state index contributed by atoms with van der Waals surface area (Å²) in [7, 11) is 0. The molecule has 0 saturated heterocycles. The lowest BCUT2D eigenvalue weighted by atomic mass is 9.97. The zero-order valence-electron chi connectivity index (χ0n) is 12.0. The molecule has 2 aliphatic rings. The summed E-state index contributed by atoms with van der Waals surface area (Å²) in [5.41, 5.74) is 1.44. The van der Waals surface area contributed by atoms with E-state index in [2.05, 4.69) is 17.1 Å². The third kappa shape index (κ3) is 3.10. The Labute approximate surface area is 128 Å². The lowest BCUT2D eigenvalue weighted by Crippen LogP contribution is -2.15. The number of unbranched alkanes of at least 4 members (excludes halogenated alkanes) is 1. The number of nitrogens with zero attached hydrogens (tertiary/aromatic N) is 3. The van der Waals surface area contributed by atoms with E-state index in [-0.39, 0.29) is 23.4 Å². The molecule has 6 nitrogen and oxygen atoms in total. The highest BCUT2D eigenvalue weighted by Crippen LogP contribution is 2.37. The molecule has 0 saturated carbocycles. The monoisotopic (exact) mass is 311 g/mol. The fraction of sp³-hybridized carbons (Fsp3) is 0.500. The van der Waals surface area contributed by atoms with Crippen LogP contribution in [-0.2, 0) is 4.74 Å². The van der Waals surface area contributed by atoms with Crippen LogP contribution in [0.3, 0.4) is 0 Å². The maximum absolute atomic E-state index is 12.1. The Kier molecular flexibility index (Phi) is 5.01. The van der Waals surface area contributed by atoms with E-state index in [4.69, 9.17) is 16.3 Å². The van der Waals surface area contributed by atoms with Gasteiger partial charge in [-0.1, -0.05) is 19.8 Å². The molecule has 0 aromatic heterocycles. The van der Waals surface area contributed by atoms with Gasteiger partial charge in [-0.05, 0) is 18.9 Å². The van der Waals surface area contributed by atoms with E-state index in [0.29, 0.717) is 11.1 Å². The van der Waals surface area contributed by atoms with Gasteiger partial charge in [-0.25, -0.2) is 4.79 Å². The summed E-state index contributed by atoms with van der Waals surface area (Å²) < 4.78 is 5.82. The van der Waals surface area contributed by atoms with E-state index < -0.39 is 5.97 Å². The number of ether oxygens (including phenoxy) is 1. The second-order valence-electron chi connectivity index (χ2n) is 4.71. The zero-order chi connectivity index (χ0) is 15.4. The highest BCUT2D eigenvalue weighted by Gasteiger charge is 2.27. The number of hydrogen-bond donors (Lipinski definition) is 1. The van der Waals surface area contributed by atoms with Crippen molar-refractivity contribution >= 4 is 17.6 Å². The molecular weight excluding hydrogens is 294 g/mol. The summed E-state index contributed by atoms with van der Waals surface area (Å²) in [5, 5.41) is 17.2. The Bertz CT molecular complexity index is 600. The molecule has 0 fully saturated rings. The predicted octanol–water partition coefficient (Wildman–Crippen LogP) is 3.27. The molecule has 0 aliphatic carbocycles. The van der Waals surface area contributed by atoms with Crippen LogP contribution in [0.1, 0.15) is 54.4 Å². The first-order chi connectivity index (χ1) is 10.1. The SMILES string of the molecule is CCCCC(Cl)c1c(C(=O)OCC)cn(O)c2nncc1-2. The number of esters is 1. The number of aromatic nitrogens is 3. The molecule has 0 bridgehead atoms. The van der Waals surface area contributed by atoms with Crippen LogP contribution in [0.15, 0.2) is 12.4 Å². The van der Waals surface area contributed by atoms with Crippen molar-refractivity contribution in [3.05, 3.63) is 23.5 Å². The van der Waals surface area contributed by atoms with Crippen molar-refractivity contribution in [3.63, 3.8) is 0 Å². The van der Waals surface area contributed by atoms with Crippen molar-refractivity contribution in [3.8, 4) is 11.4 Å². The molecule has 0 aromatic rings. The van der Waals surface area contributed by atoms with Gasteiger partial charge in [0.25, 0.3) is 0 Å². The minimum atomic E-state index is -0.513. The van der Waals surface area contributed by atoms with Gasteiger partial charge in [0.2, 0.25) is 0 Å². The average molecular weight is 312 g/mol. The fourth-order valence-electron chi connectivity index (χ4n) is 2.25. The summed E-state index contributed by atoms with van der Waals surface area (Å²) in [6.07, 6.45) is 5.45. The molecule has 1 unspecified atom stereocenters. The Morgan fingerprint density at radius 1 is 1.52 bits per heavy atom. The molecule has 0 aromatic carbocycles. The van der Waals surface area contributed by atoms with E-state index in [0.717, 1.165) is 24.0 Å². The first-order valence-electron chi connectivity index (χ1n) is 6.97. The minimum Gasteiger partial charge on any atom is -0.462 e. The quantitative estimate of drug-likeness (QED) is 0.503. The molecule has 2 aliphatic heterocycles. The number of hydrogen-bond acceptors (Lipinski definition) is 5. The topological polar surface area (TPSA) is 77.2 Å². The standard InChI is InChI=1S/C14H18ClN3O3/c1-3-5-6-11(15)12-9-7-16-17-13(9)18(20)8-10(12)14(19)21-4-2/h7-8,11,20H,3-6H2,1-2H3. The second kappa shape index (κ2) is 6.76. The number of halogens is 1. The van der Waals surface area contributed by atoms with E-state index in [9.17, 15) is 10.0 Å². The third-order valence-electron chi connectivity index (χ3n) is 3.25. The summed E-state index contributed by atoms with van der Waals surface area (Å²) in [5.74, 6) is -0.235. The van der Waals surface area contributed by atoms with Crippen LogP contribution in [0.5, 0.6) is 0 Å². The van der Waals surface area contributed by atoms with Crippen molar-refractivity contribution in [2.75, 3.05) is 6.61 Å². The van der Waals surface area contributed by atoms with Gasteiger partial charge in [-0.2, -0.15) is 9.83 Å². The number of alkyl halides is 1. The largest absolute Gasteiger partial charge is 0.462 e. The number of carbonyl (C=O) groups is 1. The van der Waals surface area contributed by atoms with E-state index in [1.807, 2.05) is 0 Å². The molecule has 114 valence electrons. The maximum atomic E-state index is 12.1. The van der Waals surface area contributed by atoms with Crippen molar-refractivity contribution in [2.45, 2.75) is 38.5 Å². The molecule has 1 atom stereocenters. The smallest absolute Gasteiger partial charge is 0.340 e. The van der Waals surface area contributed by atoms with Crippen LogP contribution in [0, 0.1) is 0 Å². The van der Waals surface area contributed by atoms with Gasteiger partial charge in [0.1, 0.15) is 0 Å². The summed E-state index contributed by atoms with van der Waals surface area (Å²) in [4.78, 5) is 12.1. The van der Waals surface area contributed by atoms with Crippen LogP contribution < -0.4 is 0 Å². The van der Waals surface area contributed by atoms with Crippen LogP contribution in [0.25, 0.3) is 11.4 Å². The van der Waals surface area contributed by atoms with Crippen molar-refractivity contribution in [1.29, 1.82) is 0 Å². The maximum Gasteiger partial charge on any atom is 0.340 e. The predicted molar refractivity (Wildman–Crippen MR) is 77.9 cm³/mol. The van der Waals surface area contributed by atoms with Crippen LogP contribution >= 0.6 is 11.6 Å². The molecule has 0 spiro atoms.